The molecule has 2 bridgehead atoms. The van der Waals surface area contributed by atoms with Gasteiger partial charge in [-0.2, -0.15) is 0 Å². The van der Waals surface area contributed by atoms with Crippen molar-refractivity contribution in [2.45, 2.75) is 63.8 Å². The highest BCUT2D eigenvalue weighted by Gasteiger charge is 2.75. The van der Waals surface area contributed by atoms with E-state index in [-0.39, 0.29) is 30.9 Å². The second-order valence-electron chi connectivity index (χ2n) is 10.7. The van der Waals surface area contributed by atoms with Gasteiger partial charge in [0.1, 0.15) is 11.6 Å². The van der Waals surface area contributed by atoms with E-state index < -0.39 is 41.6 Å². The normalized spacial score (nSPS) is 32.8. The van der Waals surface area contributed by atoms with E-state index in [1.807, 2.05) is 13.8 Å². The molecule has 7 atom stereocenters. The molecule has 0 saturated carbocycles. The maximum absolute atomic E-state index is 14.4. The molecule has 4 aliphatic heterocycles. The van der Waals surface area contributed by atoms with Gasteiger partial charge in [-0.1, -0.05) is 26.3 Å². The minimum Gasteiger partial charge on any atom is -0.466 e. The van der Waals surface area contributed by atoms with Crippen molar-refractivity contribution in [3.63, 3.8) is 0 Å². The van der Waals surface area contributed by atoms with Crippen LogP contribution in [0.3, 0.4) is 0 Å². The number of morpholine rings is 1. The molecule has 4 rings (SSSR count). The molecule has 10 nitrogen and oxygen atoms in total. The van der Waals surface area contributed by atoms with Crippen LogP contribution in [-0.4, -0.2) is 121 Å². The molecule has 0 aromatic rings. The Hall–Kier alpha value is -2.01. The monoisotopic (exact) mass is 521 g/mol. The Morgan fingerprint density at radius 1 is 1.32 bits per heavy atom. The van der Waals surface area contributed by atoms with Crippen molar-refractivity contribution in [2.24, 2.45) is 17.8 Å². The topological polar surface area (TPSA) is 109 Å². The maximum Gasteiger partial charge on any atom is 0.312 e. The lowest BCUT2D eigenvalue weighted by molar-refractivity contribution is -0.157. The van der Waals surface area contributed by atoms with Crippen LogP contribution in [0.1, 0.15) is 40.0 Å². The summed E-state index contributed by atoms with van der Waals surface area (Å²) in [6.07, 6.45) is 3.09. The van der Waals surface area contributed by atoms with Crippen LogP contribution in [0, 0.1) is 17.8 Å². The van der Waals surface area contributed by atoms with Gasteiger partial charge in [0, 0.05) is 32.7 Å². The Kier molecular flexibility index (Phi) is 8.93. The molecule has 0 aliphatic carbocycles. The van der Waals surface area contributed by atoms with Gasteiger partial charge in [-0.3, -0.25) is 19.3 Å². The molecular formula is C27H43N3O7. The quantitative estimate of drug-likeness (QED) is 0.295. The molecule has 4 heterocycles. The van der Waals surface area contributed by atoms with Gasteiger partial charge in [-0.05, 0) is 25.7 Å². The van der Waals surface area contributed by atoms with Crippen LogP contribution < -0.4 is 0 Å². The Balaban J connectivity index is 1.69. The Labute approximate surface area is 219 Å². The number of aliphatic hydroxyl groups excluding tert-OH is 1. The number of ether oxygens (including phenoxy) is 3. The fourth-order valence-electron chi connectivity index (χ4n) is 6.76. The predicted octanol–water partition coefficient (Wildman–Crippen LogP) is 0.678. The zero-order valence-electron chi connectivity index (χ0n) is 22.5. The third-order valence-electron chi connectivity index (χ3n) is 8.83. The maximum atomic E-state index is 14.4. The van der Waals surface area contributed by atoms with E-state index >= 15 is 0 Å². The highest BCUT2D eigenvalue weighted by Crippen LogP contribution is 2.59. The number of amides is 2. The zero-order chi connectivity index (χ0) is 26.7. The van der Waals surface area contributed by atoms with Gasteiger partial charge in [0.15, 0.2) is 0 Å². The molecule has 4 saturated heterocycles. The van der Waals surface area contributed by atoms with Crippen molar-refractivity contribution < 1.29 is 33.7 Å². The summed E-state index contributed by atoms with van der Waals surface area (Å²) in [6, 6.07) is -1.47. The first-order valence-electron chi connectivity index (χ1n) is 13.8. The number of fused-ring (bicyclic) bond motifs is 1. The van der Waals surface area contributed by atoms with Gasteiger partial charge in [-0.15, -0.1) is 6.58 Å². The Morgan fingerprint density at radius 2 is 2.05 bits per heavy atom. The van der Waals surface area contributed by atoms with E-state index in [0.29, 0.717) is 45.7 Å². The molecule has 4 fully saturated rings. The summed E-state index contributed by atoms with van der Waals surface area (Å²) in [5, 5.41) is 10.4. The molecule has 1 spiro atoms. The Bertz CT molecular complexity index is 863. The van der Waals surface area contributed by atoms with Gasteiger partial charge >= 0.3 is 5.97 Å². The molecule has 0 aromatic heterocycles. The number of likely N-dealkylation sites (tertiary alicyclic amines) is 1. The summed E-state index contributed by atoms with van der Waals surface area (Å²) in [6.45, 7) is 14.0. The van der Waals surface area contributed by atoms with Crippen LogP contribution in [0.15, 0.2) is 12.7 Å². The van der Waals surface area contributed by atoms with E-state index in [9.17, 15) is 19.5 Å². The summed E-state index contributed by atoms with van der Waals surface area (Å²) in [4.78, 5) is 47.1. The summed E-state index contributed by atoms with van der Waals surface area (Å²) in [5.41, 5.74) is -1.10. The second-order valence-corrected chi connectivity index (χ2v) is 10.7. The molecular weight excluding hydrogens is 478 g/mol. The molecule has 37 heavy (non-hydrogen) atoms. The smallest absolute Gasteiger partial charge is 0.312 e. The third-order valence-corrected chi connectivity index (χ3v) is 8.83. The number of hydrogen-bond donors (Lipinski definition) is 1. The van der Waals surface area contributed by atoms with Crippen LogP contribution in [0.25, 0.3) is 0 Å². The largest absolute Gasteiger partial charge is 0.466 e. The van der Waals surface area contributed by atoms with Crippen molar-refractivity contribution in [1.29, 1.82) is 0 Å². The summed E-state index contributed by atoms with van der Waals surface area (Å²) < 4.78 is 17.3. The van der Waals surface area contributed by atoms with Gasteiger partial charge < -0.3 is 29.1 Å². The van der Waals surface area contributed by atoms with Crippen molar-refractivity contribution >= 4 is 17.8 Å². The van der Waals surface area contributed by atoms with Gasteiger partial charge in [-0.25, -0.2) is 0 Å². The zero-order valence-corrected chi connectivity index (χ0v) is 22.5. The molecule has 10 heteroatoms. The van der Waals surface area contributed by atoms with E-state index in [0.717, 1.165) is 19.5 Å². The average Bonchev–Trinajstić information content (AvgIpc) is 3.55. The number of esters is 1. The fourth-order valence-corrected chi connectivity index (χ4v) is 6.76. The summed E-state index contributed by atoms with van der Waals surface area (Å²) >= 11 is 0. The average molecular weight is 522 g/mol. The molecule has 1 N–H and O–H groups in total. The molecule has 0 radical (unpaired) electrons. The number of aliphatic hydroxyl groups is 1. The minimum atomic E-state index is -1.10. The number of nitrogens with zero attached hydrogens (tertiary/aromatic N) is 3. The first kappa shape index (κ1) is 28.0. The van der Waals surface area contributed by atoms with Crippen LogP contribution in [0.2, 0.25) is 0 Å². The lowest BCUT2D eigenvalue weighted by atomic mass is 9.70. The SMILES string of the molecule is C=CCN(CCN1CCOCC1)C(=O)[C@@H]1N([C@@H](CO)[C@@H](C)CC)C(=O)[C@H]2[C@H](C(=O)OCC)[C@@H]3CC[C@]12O3. The number of carbonyl (C=O) groups is 3. The highest BCUT2D eigenvalue weighted by atomic mass is 16.6. The summed E-state index contributed by atoms with van der Waals surface area (Å²) in [5.74, 6) is -2.51. The molecule has 208 valence electrons. The second kappa shape index (κ2) is 11.8. The standard InChI is InChI=1S/C27H43N3O7/c1-5-10-29(12-11-28-13-15-35-16-14-28)25(33)23-27-9-8-20(37-27)21(26(34)36-7-3)22(27)24(32)30(23)19(17-31)18(4)6-2/h5,18-23,31H,1,6-17H2,2-4H3/t18-,19-,20-,21+,22+,23-,27+/m0/s1. The van der Waals surface area contributed by atoms with Crippen molar-refractivity contribution in [3.05, 3.63) is 12.7 Å². The van der Waals surface area contributed by atoms with Gasteiger partial charge in [0.2, 0.25) is 11.8 Å². The third kappa shape index (κ3) is 4.93. The molecule has 4 aliphatic rings. The van der Waals surface area contributed by atoms with Gasteiger partial charge in [0.05, 0.1) is 50.4 Å². The van der Waals surface area contributed by atoms with Crippen LogP contribution in [0.5, 0.6) is 0 Å². The van der Waals surface area contributed by atoms with Crippen molar-refractivity contribution in [2.75, 3.05) is 59.2 Å². The Morgan fingerprint density at radius 3 is 2.68 bits per heavy atom. The van der Waals surface area contributed by atoms with Crippen LogP contribution in [-0.2, 0) is 28.6 Å². The number of carbonyl (C=O) groups excluding carboxylic acids is 3. The predicted molar refractivity (Wildman–Crippen MR) is 135 cm³/mol. The first-order valence-corrected chi connectivity index (χ1v) is 13.8. The van der Waals surface area contributed by atoms with Crippen molar-refractivity contribution in [1.82, 2.24) is 14.7 Å². The van der Waals surface area contributed by atoms with Crippen LogP contribution in [0.4, 0.5) is 0 Å². The summed E-state index contributed by atoms with van der Waals surface area (Å²) in [7, 11) is 0. The van der Waals surface area contributed by atoms with E-state index in [2.05, 4.69) is 11.5 Å². The lowest BCUT2D eigenvalue weighted by Gasteiger charge is -2.41. The first-order chi connectivity index (χ1) is 17.8. The van der Waals surface area contributed by atoms with E-state index in [1.165, 1.54) is 0 Å². The van der Waals surface area contributed by atoms with Crippen molar-refractivity contribution in [3.8, 4) is 0 Å². The fraction of sp³-hybridized carbons (Fsp3) is 0.815. The van der Waals surface area contributed by atoms with E-state index in [4.69, 9.17) is 14.2 Å². The van der Waals surface area contributed by atoms with Crippen LogP contribution >= 0.6 is 0 Å². The highest BCUT2D eigenvalue weighted by molar-refractivity contribution is 5.98. The molecule has 0 unspecified atom stereocenters. The lowest BCUT2D eigenvalue weighted by Crippen LogP contribution is -2.60. The van der Waals surface area contributed by atoms with E-state index in [1.54, 1.807) is 22.8 Å². The van der Waals surface area contributed by atoms with Gasteiger partial charge in [0.25, 0.3) is 0 Å². The molecule has 2 amide bonds. The minimum absolute atomic E-state index is 0.0427. The molecule has 0 aromatic carbocycles. The number of rotatable bonds is 12. The number of hydrogen-bond acceptors (Lipinski definition) is 8.